The molecule has 1 aromatic rings. The molecule has 0 bridgehead atoms. The highest BCUT2D eigenvalue weighted by Crippen LogP contribution is 2.20. The SMILES string of the molecule is O=C(O)c1ccccc1N(CCCl)CCCl. The number of aromatic carboxylic acids is 1. The van der Waals surface area contributed by atoms with Crippen LogP contribution in [0.2, 0.25) is 0 Å². The minimum absolute atomic E-state index is 0.276. The lowest BCUT2D eigenvalue weighted by Gasteiger charge is -2.24. The van der Waals surface area contributed by atoms with Crippen molar-refractivity contribution in [3.63, 3.8) is 0 Å². The van der Waals surface area contributed by atoms with Crippen molar-refractivity contribution in [1.29, 1.82) is 0 Å². The zero-order valence-electron chi connectivity index (χ0n) is 8.70. The second kappa shape index (κ2) is 6.61. The van der Waals surface area contributed by atoms with Crippen LogP contribution in [0.3, 0.4) is 0 Å². The molecule has 0 aliphatic rings. The van der Waals surface area contributed by atoms with E-state index in [4.69, 9.17) is 28.3 Å². The molecule has 0 aliphatic carbocycles. The molecule has 0 amide bonds. The van der Waals surface area contributed by atoms with Gasteiger partial charge in [-0.3, -0.25) is 0 Å². The molecule has 0 saturated carbocycles. The summed E-state index contributed by atoms with van der Waals surface area (Å²) in [5.74, 6) is -0.0693. The van der Waals surface area contributed by atoms with E-state index >= 15 is 0 Å². The smallest absolute Gasteiger partial charge is 0.337 e. The average Bonchev–Trinajstić information content (AvgIpc) is 2.29. The number of nitrogens with zero attached hydrogens (tertiary/aromatic N) is 1. The van der Waals surface area contributed by atoms with Crippen molar-refractivity contribution in [2.45, 2.75) is 0 Å². The molecule has 0 unspecified atom stereocenters. The van der Waals surface area contributed by atoms with E-state index in [2.05, 4.69) is 0 Å². The maximum atomic E-state index is 11.0. The molecule has 16 heavy (non-hydrogen) atoms. The Bertz CT molecular complexity index is 352. The molecular weight excluding hydrogens is 249 g/mol. The molecule has 0 aliphatic heterocycles. The molecule has 5 heteroatoms. The summed E-state index contributed by atoms with van der Waals surface area (Å²) in [6.45, 7) is 1.16. The Balaban J connectivity index is 3.02. The van der Waals surface area contributed by atoms with Gasteiger partial charge in [0.1, 0.15) is 0 Å². The lowest BCUT2D eigenvalue weighted by molar-refractivity contribution is 0.0697. The van der Waals surface area contributed by atoms with Crippen LogP contribution in [0.25, 0.3) is 0 Å². The number of alkyl halides is 2. The minimum Gasteiger partial charge on any atom is -0.478 e. The molecule has 1 rings (SSSR count). The van der Waals surface area contributed by atoms with Crippen LogP contribution in [0.1, 0.15) is 10.4 Å². The summed E-state index contributed by atoms with van der Waals surface area (Å²) in [5, 5.41) is 9.06. The van der Waals surface area contributed by atoms with Crippen LogP contribution in [0.5, 0.6) is 0 Å². The highest BCUT2D eigenvalue weighted by Gasteiger charge is 2.14. The Morgan fingerprint density at radius 3 is 2.25 bits per heavy atom. The third kappa shape index (κ3) is 3.29. The Morgan fingerprint density at radius 2 is 1.75 bits per heavy atom. The molecule has 0 aromatic heterocycles. The molecule has 0 radical (unpaired) electrons. The Morgan fingerprint density at radius 1 is 1.19 bits per heavy atom. The van der Waals surface area contributed by atoms with Crippen LogP contribution in [-0.4, -0.2) is 35.9 Å². The normalized spacial score (nSPS) is 10.1. The van der Waals surface area contributed by atoms with E-state index in [0.29, 0.717) is 30.5 Å². The number of hydrogen-bond acceptors (Lipinski definition) is 2. The van der Waals surface area contributed by atoms with E-state index < -0.39 is 5.97 Å². The van der Waals surface area contributed by atoms with Crippen LogP contribution in [-0.2, 0) is 0 Å². The number of benzene rings is 1. The van der Waals surface area contributed by atoms with Crippen molar-refractivity contribution in [2.75, 3.05) is 29.7 Å². The third-order valence-electron chi connectivity index (χ3n) is 2.18. The van der Waals surface area contributed by atoms with E-state index in [9.17, 15) is 4.79 Å². The zero-order chi connectivity index (χ0) is 12.0. The first kappa shape index (κ1) is 13.1. The second-order valence-electron chi connectivity index (χ2n) is 3.19. The monoisotopic (exact) mass is 261 g/mol. The predicted molar refractivity (Wildman–Crippen MR) is 67.1 cm³/mol. The molecular formula is C11H13Cl2NO2. The number of hydrogen-bond donors (Lipinski definition) is 1. The first-order valence-electron chi connectivity index (χ1n) is 4.90. The number of rotatable bonds is 6. The van der Waals surface area contributed by atoms with Gasteiger partial charge in [-0.15, -0.1) is 23.2 Å². The molecule has 0 fully saturated rings. The lowest BCUT2D eigenvalue weighted by atomic mass is 10.1. The Hall–Kier alpha value is -0.930. The molecule has 1 aromatic carbocycles. The average molecular weight is 262 g/mol. The summed E-state index contributed by atoms with van der Waals surface area (Å²) >= 11 is 11.4. The number of halogens is 2. The summed E-state index contributed by atoms with van der Waals surface area (Å²) in [6.07, 6.45) is 0. The van der Waals surface area contributed by atoms with Crippen molar-refractivity contribution >= 4 is 34.9 Å². The van der Waals surface area contributed by atoms with E-state index in [0.717, 1.165) is 0 Å². The summed E-state index contributed by atoms with van der Waals surface area (Å²) in [5.41, 5.74) is 0.939. The van der Waals surface area contributed by atoms with Crippen molar-refractivity contribution in [1.82, 2.24) is 0 Å². The first-order chi connectivity index (χ1) is 7.70. The van der Waals surface area contributed by atoms with Crippen molar-refractivity contribution in [3.05, 3.63) is 29.8 Å². The summed E-state index contributed by atoms with van der Waals surface area (Å²) < 4.78 is 0. The van der Waals surface area contributed by atoms with Gasteiger partial charge in [0.15, 0.2) is 0 Å². The minimum atomic E-state index is -0.940. The van der Waals surface area contributed by atoms with Gasteiger partial charge in [-0.1, -0.05) is 12.1 Å². The maximum Gasteiger partial charge on any atom is 0.337 e. The summed E-state index contributed by atoms with van der Waals surface area (Å²) in [7, 11) is 0. The molecule has 0 atom stereocenters. The highest BCUT2D eigenvalue weighted by molar-refractivity contribution is 6.18. The molecule has 3 nitrogen and oxygen atoms in total. The van der Waals surface area contributed by atoms with E-state index in [-0.39, 0.29) is 5.56 Å². The number of anilines is 1. The van der Waals surface area contributed by atoms with Gasteiger partial charge >= 0.3 is 5.97 Å². The molecule has 88 valence electrons. The van der Waals surface area contributed by atoms with Crippen molar-refractivity contribution < 1.29 is 9.90 Å². The fourth-order valence-corrected chi connectivity index (χ4v) is 1.90. The van der Waals surface area contributed by atoms with Gasteiger partial charge < -0.3 is 10.0 Å². The van der Waals surface area contributed by atoms with Crippen LogP contribution in [0.4, 0.5) is 5.69 Å². The first-order valence-corrected chi connectivity index (χ1v) is 5.96. The largest absolute Gasteiger partial charge is 0.478 e. The zero-order valence-corrected chi connectivity index (χ0v) is 10.2. The molecule has 0 heterocycles. The van der Waals surface area contributed by atoms with Crippen LogP contribution < -0.4 is 4.90 Å². The van der Waals surface area contributed by atoms with Gasteiger partial charge in [0.2, 0.25) is 0 Å². The van der Waals surface area contributed by atoms with Gasteiger partial charge in [0.25, 0.3) is 0 Å². The molecule has 0 spiro atoms. The van der Waals surface area contributed by atoms with Crippen LogP contribution >= 0.6 is 23.2 Å². The summed E-state index contributed by atoms with van der Waals surface area (Å²) in [6, 6.07) is 6.85. The Kier molecular flexibility index (Phi) is 5.43. The van der Waals surface area contributed by atoms with Gasteiger partial charge in [0.05, 0.1) is 11.3 Å². The standard InChI is InChI=1S/C11H13Cl2NO2/c12-5-7-14(8-6-13)10-4-2-1-3-9(10)11(15)16/h1-4H,5-8H2,(H,15,16). The number of carboxylic acids is 1. The van der Waals surface area contributed by atoms with Crippen LogP contribution in [0, 0.1) is 0 Å². The van der Waals surface area contributed by atoms with Crippen molar-refractivity contribution in [2.24, 2.45) is 0 Å². The summed E-state index contributed by atoms with van der Waals surface area (Å²) in [4.78, 5) is 12.9. The lowest BCUT2D eigenvalue weighted by Crippen LogP contribution is -2.29. The topological polar surface area (TPSA) is 40.5 Å². The molecule has 0 saturated heterocycles. The third-order valence-corrected chi connectivity index (χ3v) is 2.52. The fraction of sp³-hybridized carbons (Fsp3) is 0.364. The van der Waals surface area contributed by atoms with Crippen LogP contribution in [0.15, 0.2) is 24.3 Å². The fourth-order valence-electron chi connectivity index (χ4n) is 1.49. The van der Waals surface area contributed by atoms with Gasteiger partial charge in [-0.2, -0.15) is 0 Å². The van der Waals surface area contributed by atoms with E-state index in [1.807, 2.05) is 4.90 Å². The van der Waals surface area contributed by atoms with E-state index in [1.165, 1.54) is 0 Å². The van der Waals surface area contributed by atoms with Gasteiger partial charge in [-0.05, 0) is 12.1 Å². The van der Waals surface area contributed by atoms with Gasteiger partial charge in [-0.25, -0.2) is 4.79 Å². The number of carboxylic acid groups (broad SMARTS) is 1. The molecule has 1 N–H and O–H groups in total. The maximum absolute atomic E-state index is 11.0. The quantitative estimate of drug-likeness (QED) is 0.801. The predicted octanol–water partition coefficient (Wildman–Crippen LogP) is 2.67. The van der Waals surface area contributed by atoms with E-state index in [1.54, 1.807) is 24.3 Å². The second-order valence-corrected chi connectivity index (χ2v) is 3.94. The van der Waals surface area contributed by atoms with Crippen molar-refractivity contribution in [3.8, 4) is 0 Å². The highest BCUT2D eigenvalue weighted by atomic mass is 35.5. The van der Waals surface area contributed by atoms with Gasteiger partial charge in [0, 0.05) is 24.8 Å². The Labute approximate surface area is 105 Å². The number of carbonyl (C=O) groups is 1. The number of para-hydroxylation sites is 1.